The van der Waals surface area contributed by atoms with E-state index in [-0.39, 0.29) is 0 Å². The molecule has 1 aromatic rings. The third kappa shape index (κ3) is 3.67. The Balaban J connectivity index is 2.91. The van der Waals surface area contributed by atoms with Crippen LogP contribution in [0.25, 0.3) is 0 Å². The summed E-state index contributed by atoms with van der Waals surface area (Å²) in [4.78, 5) is 0.337. The Bertz CT molecular complexity index is 526. The van der Waals surface area contributed by atoms with E-state index in [9.17, 15) is 8.42 Å². The highest BCUT2D eigenvalue weighted by Gasteiger charge is 2.20. The fraction of sp³-hybridized carbons (Fsp3) is 0.385. The Hall–Kier alpha value is -0.650. The predicted octanol–water partition coefficient (Wildman–Crippen LogP) is 3.34. The van der Waals surface area contributed by atoms with E-state index in [1.165, 1.54) is 4.31 Å². The standard InChI is InChI=1S/C13H18BrNO2S/c1-4-5-6-9-15(3)18(16,17)12-7-8-13(14)11(2)10-12/h4,7-8,10H,1,5-6,9H2,2-3H3. The molecule has 0 fully saturated rings. The molecule has 0 aliphatic rings. The third-order valence-corrected chi connectivity index (χ3v) is 5.46. The van der Waals surface area contributed by atoms with Crippen LogP contribution in [0.15, 0.2) is 40.2 Å². The second-order valence-corrected chi connectivity index (χ2v) is 7.07. The van der Waals surface area contributed by atoms with Gasteiger partial charge in [-0.2, -0.15) is 0 Å². The van der Waals surface area contributed by atoms with Gasteiger partial charge in [-0.15, -0.1) is 6.58 Å². The molecule has 0 heterocycles. The molecule has 18 heavy (non-hydrogen) atoms. The summed E-state index contributed by atoms with van der Waals surface area (Å²) in [5.41, 5.74) is 0.913. The molecule has 100 valence electrons. The highest BCUT2D eigenvalue weighted by Crippen LogP contribution is 2.22. The van der Waals surface area contributed by atoms with Crippen molar-refractivity contribution in [1.29, 1.82) is 0 Å². The molecule has 0 saturated carbocycles. The Morgan fingerprint density at radius 3 is 2.67 bits per heavy atom. The highest BCUT2D eigenvalue weighted by molar-refractivity contribution is 9.10. The lowest BCUT2D eigenvalue weighted by molar-refractivity contribution is 0.463. The monoisotopic (exact) mass is 331 g/mol. The lowest BCUT2D eigenvalue weighted by atomic mass is 10.2. The maximum absolute atomic E-state index is 12.3. The van der Waals surface area contributed by atoms with E-state index in [2.05, 4.69) is 22.5 Å². The van der Waals surface area contributed by atoms with E-state index in [0.29, 0.717) is 11.4 Å². The van der Waals surface area contributed by atoms with Crippen molar-refractivity contribution in [2.45, 2.75) is 24.7 Å². The summed E-state index contributed by atoms with van der Waals surface area (Å²) in [6.45, 7) is 6.01. The smallest absolute Gasteiger partial charge is 0.207 e. The molecule has 0 N–H and O–H groups in total. The van der Waals surface area contributed by atoms with Gasteiger partial charge in [0.15, 0.2) is 0 Å². The maximum Gasteiger partial charge on any atom is 0.242 e. The average Bonchev–Trinajstić information content (AvgIpc) is 2.32. The molecule has 0 amide bonds. The quantitative estimate of drug-likeness (QED) is 0.592. The summed E-state index contributed by atoms with van der Waals surface area (Å²) in [6, 6.07) is 5.07. The van der Waals surface area contributed by atoms with Crippen LogP contribution >= 0.6 is 15.9 Å². The van der Waals surface area contributed by atoms with Crippen LogP contribution in [0.4, 0.5) is 0 Å². The zero-order valence-electron chi connectivity index (χ0n) is 10.7. The summed E-state index contributed by atoms with van der Waals surface area (Å²) >= 11 is 3.36. The van der Waals surface area contributed by atoms with Gasteiger partial charge in [-0.1, -0.05) is 22.0 Å². The molecule has 0 bridgehead atoms. The molecule has 0 spiro atoms. The van der Waals surface area contributed by atoms with Gasteiger partial charge in [0.05, 0.1) is 4.90 Å². The molecule has 1 aromatic carbocycles. The number of aryl methyl sites for hydroxylation is 1. The van der Waals surface area contributed by atoms with Crippen molar-refractivity contribution >= 4 is 26.0 Å². The van der Waals surface area contributed by atoms with Gasteiger partial charge in [0.25, 0.3) is 0 Å². The predicted molar refractivity (Wildman–Crippen MR) is 78.1 cm³/mol. The largest absolute Gasteiger partial charge is 0.242 e. The molecule has 0 atom stereocenters. The SMILES string of the molecule is C=CCCCN(C)S(=O)(=O)c1ccc(Br)c(C)c1. The van der Waals surface area contributed by atoms with Gasteiger partial charge in [-0.3, -0.25) is 0 Å². The molecular weight excluding hydrogens is 314 g/mol. The Morgan fingerprint density at radius 1 is 1.44 bits per heavy atom. The van der Waals surface area contributed by atoms with Crippen LogP contribution in [0.2, 0.25) is 0 Å². The number of nitrogens with zero attached hydrogens (tertiary/aromatic N) is 1. The lowest BCUT2D eigenvalue weighted by Gasteiger charge is -2.17. The summed E-state index contributed by atoms with van der Waals surface area (Å²) in [5, 5.41) is 0. The highest BCUT2D eigenvalue weighted by atomic mass is 79.9. The summed E-state index contributed by atoms with van der Waals surface area (Å²) in [5.74, 6) is 0. The number of allylic oxidation sites excluding steroid dienone is 1. The first kappa shape index (κ1) is 15.4. The van der Waals surface area contributed by atoms with Crippen molar-refractivity contribution in [1.82, 2.24) is 4.31 Å². The molecule has 1 rings (SSSR count). The van der Waals surface area contributed by atoms with E-state index in [4.69, 9.17) is 0 Å². The molecule has 0 aromatic heterocycles. The van der Waals surface area contributed by atoms with E-state index >= 15 is 0 Å². The van der Waals surface area contributed by atoms with E-state index in [1.807, 2.05) is 6.92 Å². The van der Waals surface area contributed by atoms with Crippen molar-refractivity contribution in [3.63, 3.8) is 0 Å². The zero-order chi connectivity index (χ0) is 13.8. The van der Waals surface area contributed by atoms with Gasteiger partial charge in [-0.05, 0) is 43.5 Å². The average molecular weight is 332 g/mol. The minimum Gasteiger partial charge on any atom is -0.207 e. The van der Waals surface area contributed by atoms with E-state index in [0.717, 1.165) is 22.9 Å². The molecule has 3 nitrogen and oxygen atoms in total. The molecule has 5 heteroatoms. The molecule has 0 unspecified atom stereocenters. The maximum atomic E-state index is 12.3. The van der Waals surface area contributed by atoms with Crippen LogP contribution in [-0.2, 0) is 10.0 Å². The first-order chi connectivity index (χ1) is 8.39. The van der Waals surface area contributed by atoms with Crippen LogP contribution in [0, 0.1) is 6.92 Å². The second kappa shape index (κ2) is 6.50. The number of benzene rings is 1. The first-order valence-corrected chi connectivity index (χ1v) is 7.96. The molecule has 0 aliphatic carbocycles. The van der Waals surface area contributed by atoms with Crippen molar-refractivity contribution in [3.05, 3.63) is 40.9 Å². The minimum absolute atomic E-state index is 0.337. The zero-order valence-corrected chi connectivity index (χ0v) is 13.1. The molecule has 0 saturated heterocycles. The van der Waals surface area contributed by atoms with Gasteiger partial charge >= 0.3 is 0 Å². The van der Waals surface area contributed by atoms with Crippen molar-refractivity contribution < 1.29 is 8.42 Å². The number of hydrogen-bond acceptors (Lipinski definition) is 2. The van der Waals surface area contributed by atoms with Gasteiger partial charge in [-0.25, -0.2) is 12.7 Å². The lowest BCUT2D eigenvalue weighted by Crippen LogP contribution is -2.28. The molecular formula is C13H18BrNO2S. The number of halogens is 1. The third-order valence-electron chi connectivity index (χ3n) is 2.72. The Labute approximate surface area is 118 Å². The number of rotatable bonds is 6. The number of sulfonamides is 1. The first-order valence-electron chi connectivity index (χ1n) is 5.73. The van der Waals surface area contributed by atoms with Gasteiger partial charge in [0.1, 0.15) is 0 Å². The van der Waals surface area contributed by atoms with E-state index in [1.54, 1.807) is 31.3 Å². The topological polar surface area (TPSA) is 37.4 Å². The number of hydrogen-bond donors (Lipinski definition) is 0. The van der Waals surface area contributed by atoms with Gasteiger partial charge in [0, 0.05) is 18.1 Å². The Morgan fingerprint density at radius 2 is 2.11 bits per heavy atom. The fourth-order valence-electron chi connectivity index (χ4n) is 1.54. The van der Waals surface area contributed by atoms with Crippen LogP contribution in [0.1, 0.15) is 18.4 Å². The van der Waals surface area contributed by atoms with Crippen LogP contribution in [0.5, 0.6) is 0 Å². The van der Waals surface area contributed by atoms with Gasteiger partial charge < -0.3 is 0 Å². The van der Waals surface area contributed by atoms with Crippen LogP contribution in [0.3, 0.4) is 0 Å². The molecule has 0 radical (unpaired) electrons. The van der Waals surface area contributed by atoms with Crippen molar-refractivity contribution in [2.24, 2.45) is 0 Å². The molecule has 0 aliphatic heterocycles. The number of unbranched alkanes of at least 4 members (excludes halogenated alkanes) is 1. The van der Waals surface area contributed by atoms with Gasteiger partial charge in [0.2, 0.25) is 10.0 Å². The summed E-state index contributed by atoms with van der Waals surface area (Å²) in [6.07, 6.45) is 3.40. The van der Waals surface area contributed by atoms with Crippen molar-refractivity contribution in [2.75, 3.05) is 13.6 Å². The Kier molecular flexibility index (Phi) is 5.56. The van der Waals surface area contributed by atoms with Crippen LogP contribution in [-0.4, -0.2) is 26.3 Å². The second-order valence-electron chi connectivity index (χ2n) is 4.17. The summed E-state index contributed by atoms with van der Waals surface area (Å²) in [7, 11) is -1.77. The normalized spacial score (nSPS) is 11.8. The fourth-order valence-corrected chi connectivity index (χ4v) is 3.08. The van der Waals surface area contributed by atoms with E-state index < -0.39 is 10.0 Å². The van der Waals surface area contributed by atoms with Crippen LogP contribution < -0.4 is 0 Å². The summed E-state index contributed by atoms with van der Waals surface area (Å²) < 4.78 is 26.9. The minimum atomic E-state index is -3.38. The van der Waals surface area contributed by atoms with Crippen molar-refractivity contribution in [3.8, 4) is 0 Å².